The summed E-state index contributed by atoms with van der Waals surface area (Å²) in [5.41, 5.74) is -0.0735. The maximum absolute atomic E-state index is 10.7. The van der Waals surface area contributed by atoms with Crippen LogP contribution in [0.2, 0.25) is 0 Å². The molecule has 0 aliphatic heterocycles. The number of hydrogen-bond acceptors (Lipinski definition) is 2. The summed E-state index contributed by atoms with van der Waals surface area (Å²) in [6.45, 7) is 3.17. The summed E-state index contributed by atoms with van der Waals surface area (Å²) < 4.78 is 0. The van der Waals surface area contributed by atoms with Crippen molar-refractivity contribution in [1.82, 2.24) is 0 Å². The molecule has 0 amide bonds. The second-order valence-corrected chi connectivity index (χ2v) is 2.83. The van der Waals surface area contributed by atoms with Crippen LogP contribution < -0.4 is 0 Å². The SMILES string of the molecule is C/C=C\C/C=C(/C(=O)O)C(C)C(=O)O. The third-order valence-corrected chi connectivity index (χ3v) is 1.79. The molecule has 4 heteroatoms. The number of rotatable bonds is 5. The van der Waals surface area contributed by atoms with Crippen LogP contribution in [-0.2, 0) is 9.59 Å². The summed E-state index contributed by atoms with van der Waals surface area (Å²) in [5.74, 6) is -3.28. The standard InChI is InChI=1S/C10H14O4/c1-3-4-5-6-8(10(13)14)7(2)9(11)12/h3-4,6-7H,5H2,1-2H3,(H,11,12)(H,13,14)/b4-3-,8-6+. The largest absolute Gasteiger partial charge is 0.481 e. The Morgan fingerprint density at radius 1 is 1.36 bits per heavy atom. The summed E-state index contributed by atoms with van der Waals surface area (Å²) in [6.07, 6.45) is 5.40. The molecular weight excluding hydrogens is 184 g/mol. The molecule has 0 aromatic carbocycles. The van der Waals surface area contributed by atoms with Crippen molar-refractivity contribution in [1.29, 1.82) is 0 Å². The molecule has 0 fully saturated rings. The molecular formula is C10H14O4. The van der Waals surface area contributed by atoms with Crippen molar-refractivity contribution in [2.75, 3.05) is 0 Å². The van der Waals surface area contributed by atoms with E-state index in [9.17, 15) is 9.59 Å². The summed E-state index contributed by atoms with van der Waals surface area (Å²) in [5, 5.41) is 17.4. The predicted molar refractivity (Wildman–Crippen MR) is 51.9 cm³/mol. The Morgan fingerprint density at radius 3 is 2.29 bits per heavy atom. The normalized spacial score (nSPS) is 14.3. The maximum atomic E-state index is 10.7. The third kappa shape index (κ3) is 3.89. The molecule has 0 heterocycles. The smallest absolute Gasteiger partial charge is 0.332 e. The molecule has 0 spiro atoms. The van der Waals surface area contributed by atoms with Gasteiger partial charge in [-0.15, -0.1) is 0 Å². The highest BCUT2D eigenvalue weighted by atomic mass is 16.4. The van der Waals surface area contributed by atoms with Gasteiger partial charge < -0.3 is 10.2 Å². The Bertz CT molecular complexity index is 276. The molecule has 0 aromatic heterocycles. The Kier molecular flexibility index (Phi) is 5.29. The molecule has 4 nitrogen and oxygen atoms in total. The van der Waals surface area contributed by atoms with E-state index in [-0.39, 0.29) is 5.57 Å². The Morgan fingerprint density at radius 2 is 1.93 bits per heavy atom. The first-order valence-corrected chi connectivity index (χ1v) is 4.28. The fraction of sp³-hybridized carbons (Fsp3) is 0.400. The van der Waals surface area contributed by atoms with E-state index in [4.69, 9.17) is 10.2 Å². The van der Waals surface area contributed by atoms with Gasteiger partial charge in [0.25, 0.3) is 0 Å². The van der Waals surface area contributed by atoms with Crippen molar-refractivity contribution in [3.63, 3.8) is 0 Å². The summed E-state index contributed by atoms with van der Waals surface area (Å²) in [7, 11) is 0. The number of carboxylic acids is 2. The monoisotopic (exact) mass is 198 g/mol. The zero-order chi connectivity index (χ0) is 11.1. The lowest BCUT2D eigenvalue weighted by molar-refractivity contribution is -0.143. The maximum Gasteiger partial charge on any atom is 0.332 e. The molecule has 2 N–H and O–H groups in total. The number of aliphatic carboxylic acids is 2. The summed E-state index contributed by atoms with van der Waals surface area (Å²) in [4.78, 5) is 21.2. The first kappa shape index (κ1) is 12.4. The van der Waals surface area contributed by atoms with Crippen LogP contribution in [0.3, 0.4) is 0 Å². The van der Waals surface area contributed by atoms with Crippen LogP contribution in [0.5, 0.6) is 0 Å². The Labute approximate surface area is 82.6 Å². The van der Waals surface area contributed by atoms with Crippen molar-refractivity contribution in [3.05, 3.63) is 23.8 Å². The molecule has 0 aliphatic rings. The lowest BCUT2D eigenvalue weighted by atomic mass is 10.0. The average Bonchev–Trinajstić information content (AvgIpc) is 2.10. The van der Waals surface area contributed by atoms with Gasteiger partial charge in [0.05, 0.1) is 5.92 Å². The highest BCUT2D eigenvalue weighted by molar-refractivity contribution is 5.93. The number of carbonyl (C=O) groups is 2. The van der Waals surface area contributed by atoms with E-state index < -0.39 is 17.9 Å². The van der Waals surface area contributed by atoms with Gasteiger partial charge in [0, 0.05) is 5.57 Å². The number of allylic oxidation sites excluding steroid dienone is 3. The van der Waals surface area contributed by atoms with E-state index in [1.807, 2.05) is 6.92 Å². The van der Waals surface area contributed by atoms with Crippen LogP contribution in [0, 0.1) is 5.92 Å². The summed E-state index contributed by atoms with van der Waals surface area (Å²) >= 11 is 0. The molecule has 1 atom stereocenters. The second kappa shape index (κ2) is 5.96. The van der Waals surface area contributed by atoms with Crippen molar-refractivity contribution < 1.29 is 19.8 Å². The van der Waals surface area contributed by atoms with Crippen molar-refractivity contribution in [2.24, 2.45) is 5.92 Å². The molecule has 0 rings (SSSR count). The molecule has 78 valence electrons. The highest BCUT2D eigenvalue weighted by Gasteiger charge is 2.21. The zero-order valence-electron chi connectivity index (χ0n) is 8.23. The van der Waals surface area contributed by atoms with Crippen molar-refractivity contribution >= 4 is 11.9 Å². The highest BCUT2D eigenvalue weighted by Crippen LogP contribution is 2.12. The van der Waals surface area contributed by atoms with Crippen LogP contribution in [0.25, 0.3) is 0 Å². The van der Waals surface area contributed by atoms with E-state index in [0.29, 0.717) is 6.42 Å². The molecule has 0 saturated carbocycles. The third-order valence-electron chi connectivity index (χ3n) is 1.79. The van der Waals surface area contributed by atoms with Crippen LogP contribution >= 0.6 is 0 Å². The van der Waals surface area contributed by atoms with Gasteiger partial charge in [0.2, 0.25) is 0 Å². The lowest BCUT2D eigenvalue weighted by Gasteiger charge is -2.06. The fourth-order valence-electron chi connectivity index (χ4n) is 0.913. The van der Waals surface area contributed by atoms with Gasteiger partial charge in [0.15, 0.2) is 0 Å². The van der Waals surface area contributed by atoms with Crippen LogP contribution in [0.4, 0.5) is 0 Å². The fourth-order valence-corrected chi connectivity index (χ4v) is 0.913. The molecule has 0 radical (unpaired) electrons. The van der Waals surface area contributed by atoms with Gasteiger partial charge in [-0.3, -0.25) is 4.79 Å². The molecule has 1 unspecified atom stereocenters. The molecule has 0 aliphatic carbocycles. The van der Waals surface area contributed by atoms with Gasteiger partial charge in [-0.2, -0.15) is 0 Å². The second-order valence-electron chi connectivity index (χ2n) is 2.83. The minimum atomic E-state index is -1.18. The van der Waals surface area contributed by atoms with Crippen molar-refractivity contribution in [2.45, 2.75) is 20.3 Å². The topological polar surface area (TPSA) is 74.6 Å². The van der Waals surface area contributed by atoms with Gasteiger partial charge in [-0.1, -0.05) is 18.2 Å². The quantitative estimate of drug-likeness (QED) is 0.520. The minimum absolute atomic E-state index is 0.0735. The molecule has 0 saturated heterocycles. The molecule has 14 heavy (non-hydrogen) atoms. The van der Waals surface area contributed by atoms with E-state index in [1.165, 1.54) is 13.0 Å². The van der Waals surface area contributed by atoms with Gasteiger partial charge in [-0.05, 0) is 20.3 Å². The zero-order valence-corrected chi connectivity index (χ0v) is 8.23. The predicted octanol–water partition coefficient (Wildman–Crippen LogP) is 1.68. The van der Waals surface area contributed by atoms with E-state index in [0.717, 1.165) is 0 Å². The number of carboxylic acid groups (broad SMARTS) is 2. The van der Waals surface area contributed by atoms with Crippen LogP contribution in [0.15, 0.2) is 23.8 Å². The van der Waals surface area contributed by atoms with E-state index in [2.05, 4.69) is 0 Å². The van der Waals surface area contributed by atoms with E-state index >= 15 is 0 Å². The van der Waals surface area contributed by atoms with Crippen LogP contribution in [-0.4, -0.2) is 22.2 Å². The van der Waals surface area contributed by atoms with Gasteiger partial charge in [0.1, 0.15) is 0 Å². The van der Waals surface area contributed by atoms with E-state index in [1.54, 1.807) is 12.2 Å². The minimum Gasteiger partial charge on any atom is -0.481 e. The number of hydrogen-bond donors (Lipinski definition) is 2. The first-order chi connectivity index (χ1) is 6.50. The Hall–Kier alpha value is -1.58. The average molecular weight is 198 g/mol. The van der Waals surface area contributed by atoms with Crippen molar-refractivity contribution in [3.8, 4) is 0 Å². The first-order valence-electron chi connectivity index (χ1n) is 4.28. The Balaban J connectivity index is 4.67. The summed E-state index contributed by atoms with van der Waals surface area (Å²) in [6, 6.07) is 0. The molecule has 0 bridgehead atoms. The van der Waals surface area contributed by atoms with Crippen LogP contribution in [0.1, 0.15) is 20.3 Å². The molecule has 0 aromatic rings. The van der Waals surface area contributed by atoms with Gasteiger partial charge in [-0.25, -0.2) is 4.79 Å². The lowest BCUT2D eigenvalue weighted by Crippen LogP contribution is -2.18. The van der Waals surface area contributed by atoms with Gasteiger partial charge >= 0.3 is 11.9 Å².